The number of hydrogen-bond donors (Lipinski definition) is 1. The third kappa shape index (κ3) is 4.18. The molecule has 0 radical (unpaired) electrons. The monoisotopic (exact) mass is 396 g/mol. The molecule has 146 valence electrons. The molecule has 1 fully saturated rings. The highest BCUT2D eigenvalue weighted by Crippen LogP contribution is 2.32. The van der Waals surface area contributed by atoms with Gasteiger partial charge in [0.15, 0.2) is 5.76 Å². The first kappa shape index (κ1) is 18.9. The van der Waals surface area contributed by atoms with Gasteiger partial charge in [0.2, 0.25) is 0 Å². The first-order valence-corrected chi connectivity index (χ1v) is 10.4. The summed E-state index contributed by atoms with van der Waals surface area (Å²) in [7, 11) is 0. The van der Waals surface area contributed by atoms with Crippen molar-refractivity contribution in [2.75, 3.05) is 13.1 Å². The van der Waals surface area contributed by atoms with Gasteiger partial charge in [-0.1, -0.05) is 43.3 Å². The number of carbonyl (C=O) groups is 1. The van der Waals surface area contributed by atoms with Crippen LogP contribution in [0.5, 0.6) is 0 Å². The van der Waals surface area contributed by atoms with Crippen LogP contribution in [-0.2, 0) is 17.8 Å². The summed E-state index contributed by atoms with van der Waals surface area (Å²) in [5.41, 5.74) is 3.20. The maximum atomic E-state index is 10.9. The average Bonchev–Trinajstić information content (AvgIpc) is 3.27. The number of benzene rings is 1. The number of likely N-dealkylation sites (tertiary alicyclic amines) is 1. The van der Waals surface area contributed by atoms with E-state index in [0.29, 0.717) is 19.0 Å². The first-order chi connectivity index (χ1) is 13.5. The molecule has 0 aliphatic carbocycles. The Morgan fingerprint density at radius 2 is 2.00 bits per heavy atom. The molecule has 6 heteroatoms. The molecule has 0 amide bonds. The Hall–Kier alpha value is -2.44. The molecular weight excluding hydrogens is 372 g/mol. The second-order valence-corrected chi connectivity index (χ2v) is 9.03. The summed E-state index contributed by atoms with van der Waals surface area (Å²) in [4.78, 5) is 15.3. The number of nitrogens with zero attached hydrogens (tertiary/aromatic N) is 2. The SMILES string of the molecule is CC(C)Cc1ccc(-c2cc(-c3ccc(CN4CC(C(=O)O)C4)s3)no2)cc1. The van der Waals surface area contributed by atoms with Crippen molar-refractivity contribution in [1.82, 2.24) is 10.1 Å². The number of rotatable bonds is 7. The number of hydrogen-bond acceptors (Lipinski definition) is 5. The Morgan fingerprint density at radius 1 is 1.25 bits per heavy atom. The van der Waals surface area contributed by atoms with E-state index in [9.17, 15) is 4.79 Å². The lowest BCUT2D eigenvalue weighted by molar-refractivity contribution is -0.147. The first-order valence-electron chi connectivity index (χ1n) is 9.58. The predicted octanol–water partition coefficient (Wildman–Crippen LogP) is 4.79. The summed E-state index contributed by atoms with van der Waals surface area (Å²) in [6.07, 6.45) is 1.07. The zero-order chi connectivity index (χ0) is 19.7. The quantitative estimate of drug-likeness (QED) is 0.622. The van der Waals surface area contributed by atoms with Gasteiger partial charge in [0.1, 0.15) is 5.69 Å². The van der Waals surface area contributed by atoms with Crippen LogP contribution in [0.15, 0.2) is 47.0 Å². The van der Waals surface area contributed by atoms with Gasteiger partial charge >= 0.3 is 5.97 Å². The van der Waals surface area contributed by atoms with Crippen LogP contribution in [-0.4, -0.2) is 34.2 Å². The van der Waals surface area contributed by atoms with Crippen LogP contribution in [0, 0.1) is 11.8 Å². The predicted molar refractivity (Wildman–Crippen MR) is 110 cm³/mol. The zero-order valence-electron chi connectivity index (χ0n) is 16.1. The Balaban J connectivity index is 1.41. The molecule has 0 saturated carbocycles. The summed E-state index contributed by atoms with van der Waals surface area (Å²) in [6, 6.07) is 14.6. The van der Waals surface area contributed by atoms with Gasteiger partial charge in [0.25, 0.3) is 0 Å². The van der Waals surface area contributed by atoms with Crippen LogP contribution in [0.4, 0.5) is 0 Å². The Morgan fingerprint density at radius 3 is 2.68 bits per heavy atom. The molecule has 3 heterocycles. The Labute approximate surface area is 168 Å². The van der Waals surface area contributed by atoms with Crippen molar-refractivity contribution in [3.05, 3.63) is 52.9 Å². The van der Waals surface area contributed by atoms with Crippen molar-refractivity contribution in [2.45, 2.75) is 26.8 Å². The smallest absolute Gasteiger partial charge is 0.309 e. The van der Waals surface area contributed by atoms with Crippen LogP contribution < -0.4 is 0 Å². The van der Waals surface area contributed by atoms with Gasteiger partial charge in [-0.3, -0.25) is 9.69 Å². The lowest BCUT2D eigenvalue weighted by atomic mass is 10.0. The fraction of sp³-hybridized carbons (Fsp3) is 0.364. The van der Waals surface area contributed by atoms with Gasteiger partial charge in [-0.05, 0) is 30.0 Å². The van der Waals surface area contributed by atoms with Crippen molar-refractivity contribution in [1.29, 1.82) is 0 Å². The maximum Gasteiger partial charge on any atom is 0.309 e. The summed E-state index contributed by atoms with van der Waals surface area (Å²) in [5.74, 6) is 0.495. The van der Waals surface area contributed by atoms with E-state index < -0.39 is 5.97 Å². The summed E-state index contributed by atoms with van der Waals surface area (Å²) >= 11 is 1.68. The van der Waals surface area contributed by atoms with Gasteiger partial charge in [-0.2, -0.15) is 0 Å². The van der Waals surface area contributed by atoms with Crippen molar-refractivity contribution in [3.63, 3.8) is 0 Å². The van der Waals surface area contributed by atoms with Crippen molar-refractivity contribution in [2.24, 2.45) is 11.8 Å². The number of carboxylic acids is 1. The average molecular weight is 397 g/mol. The van der Waals surface area contributed by atoms with E-state index in [0.717, 1.165) is 34.9 Å². The molecule has 5 nitrogen and oxygen atoms in total. The zero-order valence-corrected chi connectivity index (χ0v) is 16.9. The number of thiophene rings is 1. The van der Waals surface area contributed by atoms with Gasteiger partial charge in [-0.25, -0.2) is 0 Å². The number of carboxylic acid groups (broad SMARTS) is 1. The highest BCUT2D eigenvalue weighted by Gasteiger charge is 2.32. The van der Waals surface area contributed by atoms with Crippen LogP contribution in [0.3, 0.4) is 0 Å². The molecule has 0 spiro atoms. The normalized spacial score (nSPS) is 15.1. The Bertz CT molecular complexity index is 952. The van der Waals surface area contributed by atoms with E-state index in [-0.39, 0.29) is 5.92 Å². The minimum atomic E-state index is -0.699. The molecule has 1 aromatic carbocycles. The van der Waals surface area contributed by atoms with Crippen molar-refractivity contribution < 1.29 is 14.4 Å². The molecular formula is C22H24N2O3S. The molecule has 1 N–H and O–H groups in total. The second kappa shape index (κ2) is 7.89. The van der Waals surface area contributed by atoms with Gasteiger partial charge in [0, 0.05) is 36.1 Å². The highest BCUT2D eigenvalue weighted by atomic mass is 32.1. The van der Waals surface area contributed by atoms with Crippen molar-refractivity contribution >= 4 is 17.3 Å². The maximum absolute atomic E-state index is 10.9. The highest BCUT2D eigenvalue weighted by molar-refractivity contribution is 7.15. The number of aromatic nitrogens is 1. The minimum absolute atomic E-state index is 0.218. The summed E-state index contributed by atoms with van der Waals surface area (Å²) in [5, 5.41) is 13.2. The van der Waals surface area contributed by atoms with Crippen LogP contribution >= 0.6 is 11.3 Å². The largest absolute Gasteiger partial charge is 0.481 e. The van der Waals surface area contributed by atoms with E-state index >= 15 is 0 Å². The minimum Gasteiger partial charge on any atom is -0.481 e. The summed E-state index contributed by atoms with van der Waals surface area (Å²) in [6.45, 7) is 6.49. The van der Waals surface area contributed by atoms with Crippen LogP contribution in [0.25, 0.3) is 21.9 Å². The third-order valence-corrected chi connectivity index (χ3v) is 6.09. The molecule has 0 atom stereocenters. The lowest BCUT2D eigenvalue weighted by Crippen LogP contribution is -2.49. The third-order valence-electron chi connectivity index (χ3n) is 4.99. The van der Waals surface area contributed by atoms with Crippen LogP contribution in [0.1, 0.15) is 24.3 Å². The molecule has 0 bridgehead atoms. The Kier molecular flexibility index (Phi) is 5.33. The molecule has 1 aliphatic heterocycles. The molecule has 1 saturated heterocycles. The number of aliphatic carboxylic acids is 1. The fourth-order valence-electron chi connectivity index (χ4n) is 3.48. The molecule has 4 rings (SSSR count). The van der Waals surface area contributed by atoms with E-state index in [1.54, 1.807) is 11.3 Å². The van der Waals surface area contributed by atoms with Gasteiger partial charge in [0.05, 0.1) is 10.8 Å². The van der Waals surface area contributed by atoms with E-state index in [4.69, 9.17) is 9.63 Å². The molecule has 0 unspecified atom stereocenters. The molecule has 2 aromatic heterocycles. The van der Waals surface area contributed by atoms with E-state index in [1.807, 2.05) is 6.07 Å². The fourth-order valence-corrected chi connectivity index (χ4v) is 4.48. The molecule has 28 heavy (non-hydrogen) atoms. The molecule has 1 aliphatic rings. The van der Waals surface area contributed by atoms with E-state index in [2.05, 4.69) is 60.3 Å². The summed E-state index contributed by atoms with van der Waals surface area (Å²) < 4.78 is 5.57. The van der Waals surface area contributed by atoms with E-state index in [1.165, 1.54) is 10.4 Å². The van der Waals surface area contributed by atoms with Gasteiger partial charge < -0.3 is 9.63 Å². The topological polar surface area (TPSA) is 66.6 Å². The standard InChI is InChI=1S/C22H24N2O3S/c1-14(2)9-15-3-5-16(6-4-15)20-10-19(23-27-20)21-8-7-18(28-21)13-24-11-17(12-24)22(25)26/h3-8,10,14,17H,9,11-13H2,1-2H3,(H,25,26). The lowest BCUT2D eigenvalue weighted by Gasteiger charge is -2.36. The van der Waals surface area contributed by atoms with Gasteiger partial charge in [-0.15, -0.1) is 11.3 Å². The second-order valence-electron chi connectivity index (χ2n) is 7.87. The van der Waals surface area contributed by atoms with Crippen LogP contribution in [0.2, 0.25) is 0 Å². The van der Waals surface area contributed by atoms with Crippen molar-refractivity contribution in [3.8, 4) is 21.9 Å². The molecule has 3 aromatic rings.